The third-order valence-corrected chi connectivity index (χ3v) is 5.47. The summed E-state index contributed by atoms with van der Waals surface area (Å²) >= 11 is 1.78. The zero-order chi connectivity index (χ0) is 15.6. The van der Waals surface area contributed by atoms with Crippen LogP contribution in [0, 0.1) is 6.92 Å². The minimum Gasteiger partial charge on any atom is -0.345 e. The summed E-state index contributed by atoms with van der Waals surface area (Å²) in [6.45, 7) is 3.52. The molecule has 0 amide bonds. The molecule has 0 bridgehead atoms. The van der Waals surface area contributed by atoms with Gasteiger partial charge in [0.05, 0.1) is 18.1 Å². The van der Waals surface area contributed by atoms with Crippen molar-refractivity contribution in [3.63, 3.8) is 0 Å². The van der Waals surface area contributed by atoms with Gasteiger partial charge in [0.2, 0.25) is 0 Å². The fourth-order valence-electron chi connectivity index (χ4n) is 3.04. The molecular formula is C20H18O2S. The molecule has 2 nitrogen and oxygen atoms in total. The number of ether oxygens (including phenoxy) is 2. The first-order valence-electron chi connectivity index (χ1n) is 7.82. The highest BCUT2D eigenvalue weighted by molar-refractivity contribution is 7.16. The lowest BCUT2D eigenvalue weighted by Crippen LogP contribution is -1.97. The van der Waals surface area contributed by atoms with E-state index >= 15 is 0 Å². The van der Waals surface area contributed by atoms with Gasteiger partial charge in [0, 0.05) is 10.4 Å². The van der Waals surface area contributed by atoms with Crippen molar-refractivity contribution in [3.05, 3.63) is 71.1 Å². The van der Waals surface area contributed by atoms with Gasteiger partial charge < -0.3 is 9.47 Å². The van der Waals surface area contributed by atoms with E-state index in [1.165, 1.54) is 32.0 Å². The largest absolute Gasteiger partial charge is 0.345 e. The van der Waals surface area contributed by atoms with Gasteiger partial charge >= 0.3 is 0 Å². The van der Waals surface area contributed by atoms with Crippen LogP contribution in [0.5, 0.6) is 0 Å². The van der Waals surface area contributed by atoms with Gasteiger partial charge in [-0.05, 0) is 23.6 Å². The van der Waals surface area contributed by atoms with Gasteiger partial charge in [0.25, 0.3) is 0 Å². The molecule has 0 saturated carbocycles. The average Bonchev–Trinajstić information content (AvgIpc) is 3.24. The summed E-state index contributed by atoms with van der Waals surface area (Å²) in [6, 6.07) is 21.0. The monoisotopic (exact) mass is 322 g/mol. The molecule has 0 spiro atoms. The van der Waals surface area contributed by atoms with E-state index in [4.69, 9.17) is 9.47 Å². The highest BCUT2D eigenvalue weighted by Crippen LogP contribution is 2.46. The Hall–Kier alpha value is -1.94. The van der Waals surface area contributed by atoms with Crippen LogP contribution in [0.3, 0.4) is 0 Å². The Bertz CT molecular complexity index is 787. The molecule has 1 aromatic heterocycles. The summed E-state index contributed by atoms with van der Waals surface area (Å²) in [6.07, 6.45) is -0.244. The average molecular weight is 322 g/mol. The van der Waals surface area contributed by atoms with Crippen LogP contribution in [0.15, 0.2) is 60.7 Å². The van der Waals surface area contributed by atoms with Gasteiger partial charge in [-0.15, -0.1) is 11.3 Å². The predicted molar refractivity (Wildman–Crippen MR) is 94.6 cm³/mol. The maximum Gasteiger partial charge on any atom is 0.193 e. The van der Waals surface area contributed by atoms with Crippen LogP contribution in [0.25, 0.3) is 21.6 Å². The van der Waals surface area contributed by atoms with Crippen LogP contribution in [-0.2, 0) is 9.47 Å². The van der Waals surface area contributed by atoms with Crippen LogP contribution >= 0.6 is 11.3 Å². The number of rotatable bonds is 3. The maximum absolute atomic E-state index is 5.79. The van der Waals surface area contributed by atoms with E-state index in [1.54, 1.807) is 11.3 Å². The second-order valence-electron chi connectivity index (χ2n) is 5.60. The summed E-state index contributed by atoms with van der Waals surface area (Å²) in [5.41, 5.74) is 5.01. The quantitative estimate of drug-likeness (QED) is 0.639. The van der Waals surface area contributed by atoms with Crippen molar-refractivity contribution in [1.29, 1.82) is 0 Å². The molecule has 0 radical (unpaired) electrons. The van der Waals surface area contributed by atoms with E-state index in [0.717, 1.165) is 0 Å². The lowest BCUT2D eigenvalue weighted by Gasteiger charge is -2.11. The van der Waals surface area contributed by atoms with Gasteiger partial charge in [-0.1, -0.05) is 60.7 Å². The number of hydrogen-bond donors (Lipinski definition) is 0. The smallest absolute Gasteiger partial charge is 0.193 e. The molecule has 1 aliphatic heterocycles. The summed E-state index contributed by atoms with van der Waals surface area (Å²) < 4.78 is 11.6. The second kappa shape index (κ2) is 6.28. The third-order valence-electron chi connectivity index (χ3n) is 4.11. The van der Waals surface area contributed by atoms with E-state index in [2.05, 4.69) is 61.5 Å². The van der Waals surface area contributed by atoms with Gasteiger partial charge in [-0.25, -0.2) is 0 Å². The van der Waals surface area contributed by atoms with Crippen LogP contribution < -0.4 is 0 Å². The summed E-state index contributed by atoms with van der Waals surface area (Å²) in [7, 11) is 0. The van der Waals surface area contributed by atoms with Crippen LogP contribution in [0.4, 0.5) is 0 Å². The fraction of sp³-hybridized carbons (Fsp3) is 0.200. The SMILES string of the molecule is Cc1c(-c2ccccc2)sc(C2OCCO2)c1-c1ccccc1. The zero-order valence-corrected chi connectivity index (χ0v) is 13.8. The van der Waals surface area contributed by atoms with Gasteiger partial charge in [0.1, 0.15) is 0 Å². The highest BCUT2D eigenvalue weighted by Gasteiger charge is 2.27. The lowest BCUT2D eigenvalue weighted by atomic mass is 9.99. The molecule has 0 atom stereocenters. The van der Waals surface area contributed by atoms with Gasteiger partial charge in [-0.3, -0.25) is 0 Å². The van der Waals surface area contributed by atoms with E-state index in [1.807, 2.05) is 6.07 Å². The fourth-order valence-corrected chi connectivity index (χ4v) is 4.37. The van der Waals surface area contributed by atoms with Crippen molar-refractivity contribution >= 4 is 11.3 Å². The normalized spacial score (nSPS) is 15.2. The lowest BCUT2D eigenvalue weighted by molar-refractivity contribution is -0.0409. The molecule has 2 aromatic carbocycles. The molecule has 3 heteroatoms. The Morgan fingerprint density at radius 2 is 1.39 bits per heavy atom. The van der Waals surface area contributed by atoms with Crippen molar-refractivity contribution in [2.45, 2.75) is 13.2 Å². The molecule has 23 heavy (non-hydrogen) atoms. The molecule has 1 saturated heterocycles. The van der Waals surface area contributed by atoms with Crippen LogP contribution in [0.1, 0.15) is 16.7 Å². The Morgan fingerprint density at radius 3 is 2.00 bits per heavy atom. The van der Waals surface area contributed by atoms with Crippen molar-refractivity contribution in [1.82, 2.24) is 0 Å². The summed E-state index contributed by atoms with van der Waals surface area (Å²) in [5.74, 6) is 0. The van der Waals surface area contributed by atoms with E-state index < -0.39 is 0 Å². The molecule has 3 aromatic rings. The van der Waals surface area contributed by atoms with Crippen molar-refractivity contribution in [3.8, 4) is 21.6 Å². The zero-order valence-electron chi connectivity index (χ0n) is 13.0. The van der Waals surface area contributed by atoms with Crippen LogP contribution in [-0.4, -0.2) is 13.2 Å². The number of hydrogen-bond acceptors (Lipinski definition) is 3. The summed E-state index contributed by atoms with van der Waals surface area (Å²) in [5, 5.41) is 0. The molecule has 0 N–H and O–H groups in total. The Kier molecular flexibility index (Phi) is 4.00. The van der Waals surface area contributed by atoms with E-state index in [0.29, 0.717) is 13.2 Å². The predicted octanol–water partition coefficient (Wildman–Crippen LogP) is 5.44. The minimum absolute atomic E-state index is 0.244. The molecule has 2 heterocycles. The first kappa shape index (κ1) is 14.6. The minimum atomic E-state index is -0.244. The molecule has 0 aliphatic carbocycles. The second-order valence-corrected chi connectivity index (χ2v) is 6.65. The first-order valence-corrected chi connectivity index (χ1v) is 8.63. The van der Waals surface area contributed by atoms with Crippen molar-refractivity contribution in [2.75, 3.05) is 13.2 Å². The molecule has 4 rings (SSSR count). The molecule has 1 fully saturated rings. The van der Waals surface area contributed by atoms with Gasteiger partial charge in [0.15, 0.2) is 6.29 Å². The topological polar surface area (TPSA) is 18.5 Å². The molecule has 0 unspecified atom stereocenters. The maximum atomic E-state index is 5.79. The Balaban J connectivity index is 1.90. The van der Waals surface area contributed by atoms with E-state index in [-0.39, 0.29) is 6.29 Å². The van der Waals surface area contributed by atoms with E-state index in [9.17, 15) is 0 Å². The summed E-state index contributed by atoms with van der Waals surface area (Å²) in [4.78, 5) is 2.46. The van der Waals surface area contributed by atoms with Gasteiger partial charge in [-0.2, -0.15) is 0 Å². The highest BCUT2D eigenvalue weighted by atomic mass is 32.1. The number of thiophene rings is 1. The van der Waals surface area contributed by atoms with Crippen LogP contribution in [0.2, 0.25) is 0 Å². The molecule has 1 aliphatic rings. The van der Waals surface area contributed by atoms with Crippen molar-refractivity contribution in [2.24, 2.45) is 0 Å². The Labute approximate surface area is 140 Å². The molecule has 116 valence electrons. The Morgan fingerprint density at radius 1 is 0.826 bits per heavy atom. The third kappa shape index (κ3) is 2.72. The number of benzene rings is 2. The van der Waals surface area contributed by atoms with Crippen molar-refractivity contribution < 1.29 is 9.47 Å². The molecular weight excluding hydrogens is 304 g/mol. The first-order chi connectivity index (χ1) is 11.3. The standard InChI is InChI=1S/C20H18O2S/c1-14-17(15-8-4-2-5-9-15)19(20-21-12-13-22-20)23-18(14)16-10-6-3-7-11-16/h2-11,20H,12-13H2,1H3.